The van der Waals surface area contributed by atoms with E-state index in [1.54, 1.807) is 0 Å². The van der Waals surface area contributed by atoms with Crippen LogP contribution in [0.2, 0.25) is 0 Å². The number of fused-ring (bicyclic) bond motifs is 1. The van der Waals surface area contributed by atoms with Crippen molar-refractivity contribution in [3.05, 3.63) is 41.6 Å². The van der Waals surface area contributed by atoms with Gasteiger partial charge in [0.1, 0.15) is 0 Å². The van der Waals surface area contributed by atoms with Crippen molar-refractivity contribution >= 4 is 5.69 Å². The van der Waals surface area contributed by atoms with Crippen molar-refractivity contribution in [3.63, 3.8) is 0 Å². The average Bonchev–Trinajstić information content (AvgIpc) is 2.43. The first-order valence-electron chi connectivity index (χ1n) is 4.45. The third-order valence-electron chi connectivity index (χ3n) is 2.62. The average molecular weight is 174 g/mol. The molecular formula is C11H14N2. The SMILES string of the molecule is C=C1Cc2ccc(CN)cc2N1C. The first-order chi connectivity index (χ1) is 6.22. The quantitative estimate of drug-likeness (QED) is 0.701. The van der Waals surface area contributed by atoms with Crippen molar-refractivity contribution in [2.45, 2.75) is 13.0 Å². The molecular weight excluding hydrogens is 160 g/mol. The first kappa shape index (κ1) is 8.32. The van der Waals surface area contributed by atoms with E-state index >= 15 is 0 Å². The summed E-state index contributed by atoms with van der Waals surface area (Å²) in [5, 5.41) is 0. The highest BCUT2D eigenvalue weighted by Crippen LogP contribution is 2.32. The molecule has 2 N–H and O–H groups in total. The van der Waals surface area contributed by atoms with Gasteiger partial charge >= 0.3 is 0 Å². The van der Waals surface area contributed by atoms with E-state index in [0.29, 0.717) is 6.54 Å². The van der Waals surface area contributed by atoms with E-state index in [4.69, 9.17) is 5.73 Å². The third-order valence-corrected chi connectivity index (χ3v) is 2.62. The number of nitrogens with two attached hydrogens (primary N) is 1. The van der Waals surface area contributed by atoms with Crippen LogP contribution < -0.4 is 10.6 Å². The van der Waals surface area contributed by atoms with Crippen molar-refractivity contribution in [1.82, 2.24) is 0 Å². The Morgan fingerprint density at radius 1 is 1.54 bits per heavy atom. The fourth-order valence-corrected chi connectivity index (χ4v) is 1.71. The molecule has 0 aliphatic carbocycles. The lowest BCUT2D eigenvalue weighted by atomic mass is 10.1. The zero-order valence-corrected chi connectivity index (χ0v) is 7.88. The summed E-state index contributed by atoms with van der Waals surface area (Å²) in [5.74, 6) is 0. The van der Waals surface area contributed by atoms with Gasteiger partial charge in [0.25, 0.3) is 0 Å². The number of allylic oxidation sites excluding steroid dienone is 1. The summed E-state index contributed by atoms with van der Waals surface area (Å²) in [6.45, 7) is 4.60. The Balaban J connectivity index is 2.47. The molecule has 0 radical (unpaired) electrons. The topological polar surface area (TPSA) is 29.3 Å². The predicted molar refractivity (Wildman–Crippen MR) is 55.6 cm³/mol. The second kappa shape index (κ2) is 2.89. The van der Waals surface area contributed by atoms with E-state index in [9.17, 15) is 0 Å². The molecule has 0 spiro atoms. The predicted octanol–water partition coefficient (Wildman–Crippen LogP) is 1.65. The highest BCUT2D eigenvalue weighted by molar-refractivity contribution is 5.64. The summed E-state index contributed by atoms with van der Waals surface area (Å²) in [5.41, 5.74) is 10.5. The molecule has 0 saturated heterocycles. The summed E-state index contributed by atoms with van der Waals surface area (Å²) in [6, 6.07) is 6.38. The lowest BCUT2D eigenvalue weighted by molar-refractivity contribution is 1.06. The van der Waals surface area contributed by atoms with Crippen LogP contribution in [0.3, 0.4) is 0 Å². The molecule has 0 fully saturated rings. The van der Waals surface area contributed by atoms with E-state index in [2.05, 4.69) is 36.7 Å². The van der Waals surface area contributed by atoms with Gasteiger partial charge in [-0.2, -0.15) is 0 Å². The van der Waals surface area contributed by atoms with Crippen molar-refractivity contribution in [1.29, 1.82) is 0 Å². The molecule has 68 valence electrons. The van der Waals surface area contributed by atoms with Crippen LogP contribution in [0.15, 0.2) is 30.5 Å². The van der Waals surface area contributed by atoms with Gasteiger partial charge < -0.3 is 10.6 Å². The molecule has 0 amide bonds. The summed E-state index contributed by atoms with van der Waals surface area (Å²) in [4.78, 5) is 2.13. The molecule has 13 heavy (non-hydrogen) atoms. The van der Waals surface area contributed by atoms with Gasteiger partial charge in [0.15, 0.2) is 0 Å². The van der Waals surface area contributed by atoms with Gasteiger partial charge in [-0.05, 0) is 17.2 Å². The van der Waals surface area contributed by atoms with E-state index in [0.717, 1.165) is 12.1 Å². The van der Waals surface area contributed by atoms with Gasteiger partial charge in [-0.3, -0.25) is 0 Å². The van der Waals surface area contributed by atoms with Crippen LogP contribution in [0.4, 0.5) is 5.69 Å². The molecule has 1 heterocycles. The second-order valence-electron chi connectivity index (χ2n) is 3.47. The minimum atomic E-state index is 0.605. The van der Waals surface area contributed by atoms with Gasteiger partial charge in [0.2, 0.25) is 0 Å². The Bertz CT molecular complexity index is 355. The molecule has 2 heteroatoms. The Kier molecular flexibility index (Phi) is 1.85. The highest BCUT2D eigenvalue weighted by Gasteiger charge is 2.18. The largest absolute Gasteiger partial charge is 0.348 e. The Hall–Kier alpha value is -1.28. The molecule has 1 aromatic rings. The molecule has 0 atom stereocenters. The van der Waals surface area contributed by atoms with E-state index in [1.165, 1.54) is 16.8 Å². The molecule has 0 aromatic heterocycles. The van der Waals surface area contributed by atoms with Crippen LogP contribution in [0.25, 0.3) is 0 Å². The normalized spacial score (nSPS) is 14.9. The zero-order chi connectivity index (χ0) is 9.42. The Morgan fingerprint density at radius 3 is 3.00 bits per heavy atom. The van der Waals surface area contributed by atoms with E-state index in [1.807, 2.05) is 0 Å². The van der Waals surface area contributed by atoms with Crippen molar-refractivity contribution < 1.29 is 0 Å². The minimum Gasteiger partial charge on any atom is -0.348 e. The Labute approximate surface area is 78.7 Å². The van der Waals surface area contributed by atoms with Crippen LogP contribution in [-0.2, 0) is 13.0 Å². The molecule has 2 nitrogen and oxygen atoms in total. The van der Waals surface area contributed by atoms with Gasteiger partial charge in [0, 0.05) is 31.4 Å². The standard InChI is InChI=1S/C11H14N2/c1-8-5-10-4-3-9(7-12)6-11(10)13(8)2/h3-4,6H,1,5,7,12H2,2H3. The lowest BCUT2D eigenvalue weighted by Gasteiger charge is -2.13. The maximum Gasteiger partial charge on any atom is 0.0445 e. The fourth-order valence-electron chi connectivity index (χ4n) is 1.71. The molecule has 1 aliphatic heterocycles. The van der Waals surface area contributed by atoms with Crippen molar-refractivity contribution in [3.8, 4) is 0 Å². The summed E-state index contributed by atoms with van der Waals surface area (Å²) >= 11 is 0. The number of hydrogen-bond acceptors (Lipinski definition) is 2. The first-order valence-corrected chi connectivity index (χ1v) is 4.45. The zero-order valence-electron chi connectivity index (χ0n) is 7.88. The van der Waals surface area contributed by atoms with Crippen LogP contribution in [0, 0.1) is 0 Å². The van der Waals surface area contributed by atoms with Crippen LogP contribution >= 0.6 is 0 Å². The fraction of sp³-hybridized carbons (Fsp3) is 0.273. The van der Waals surface area contributed by atoms with Crippen LogP contribution in [0.5, 0.6) is 0 Å². The molecule has 1 aliphatic rings. The lowest BCUT2D eigenvalue weighted by Crippen LogP contribution is -2.10. The number of rotatable bonds is 1. The maximum absolute atomic E-state index is 5.58. The second-order valence-corrected chi connectivity index (χ2v) is 3.47. The number of likely N-dealkylation sites (N-methyl/N-ethyl adjacent to an activating group) is 1. The van der Waals surface area contributed by atoms with Gasteiger partial charge in [-0.1, -0.05) is 18.7 Å². The van der Waals surface area contributed by atoms with Crippen LogP contribution in [0.1, 0.15) is 11.1 Å². The van der Waals surface area contributed by atoms with Crippen molar-refractivity contribution in [2.75, 3.05) is 11.9 Å². The number of anilines is 1. The molecule has 0 unspecified atom stereocenters. The number of hydrogen-bond donors (Lipinski definition) is 1. The molecule has 0 saturated carbocycles. The maximum atomic E-state index is 5.58. The third kappa shape index (κ3) is 1.23. The molecule has 1 aromatic carbocycles. The number of nitrogens with zero attached hydrogens (tertiary/aromatic N) is 1. The minimum absolute atomic E-state index is 0.605. The monoisotopic (exact) mass is 174 g/mol. The Morgan fingerprint density at radius 2 is 2.31 bits per heavy atom. The van der Waals surface area contributed by atoms with Gasteiger partial charge in [0.05, 0.1) is 0 Å². The van der Waals surface area contributed by atoms with Gasteiger partial charge in [-0.15, -0.1) is 0 Å². The molecule has 2 rings (SSSR count). The smallest absolute Gasteiger partial charge is 0.0445 e. The van der Waals surface area contributed by atoms with E-state index in [-0.39, 0.29) is 0 Å². The summed E-state index contributed by atoms with van der Waals surface area (Å²) in [6.07, 6.45) is 0.969. The van der Waals surface area contributed by atoms with Crippen LogP contribution in [-0.4, -0.2) is 7.05 Å². The summed E-state index contributed by atoms with van der Waals surface area (Å²) < 4.78 is 0. The molecule has 0 bridgehead atoms. The highest BCUT2D eigenvalue weighted by atomic mass is 15.1. The van der Waals surface area contributed by atoms with Gasteiger partial charge in [-0.25, -0.2) is 0 Å². The number of benzene rings is 1. The van der Waals surface area contributed by atoms with Crippen molar-refractivity contribution in [2.24, 2.45) is 5.73 Å². The summed E-state index contributed by atoms with van der Waals surface area (Å²) in [7, 11) is 2.05. The van der Waals surface area contributed by atoms with E-state index < -0.39 is 0 Å².